The quantitative estimate of drug-likeness (QED) is 0.812. The van der Waals surface area contributed by atoms with Gasteiger partial charge in [0.1, 0.15) is 0 Å². The summed E-state index contributed by atoms with van der Waals surface area (Å²) in [6.07, 6.45) is 1.26. The minimum atomic E-state index is 0.734. The number of halogens is 1. The molecule has 1 atom stereocenters. The van der Waals surface area contributed by atoms with Gasteiger partial charge < -0.3 is 15.0 Å². The second-order valence-electron chi connectivity index (χ2n) is 5.30. The lowest BCUT2D eigenvalue weighted by molar-refractivity contribution is 0.199. The summed E-state index contributed by atoms with van der Waals surface area (Å²) >= 11 is 6.40. The molecule has 0 aliphatic carbocycles. The molecule has 4 heteroatoms. The van der Waals surface area contributed by atoms with Crippen LogP contribution in [0.4, 0.5) is 5.69 Å². The minimum Gasteiger partial charge on any atom is -0.383 e. The first-order valence-corrected chi connectivity index (χ1v) is 7.31. The molecule has 1 aromatic carbocycles. The zero-order valence-electron chi connectivity index (χ0n) is 11.8. The van der Waals surface area contributed by atoms with Gasteiger partial charge in [0.05, 0.1) is 17.3 Å². The van der Waals surface area contributed by atoms with E-state index in [1.54, 1.807) is 7.11 Å². The summed E-state index contributed by atoms with van der Waals surface area (Å²) in [6, 6.07) is 6.37. The largest absolute Gasteiger partial charge is 0.383 e. The van der Waals surface area contributed by atoms with E-state index in [0.717, 1.165) is 43.7 Å². The van der Waals surface area contributed by atoms with Crippen molar-refractivity contribution < 1.29 is 4.74 Å². The molecule has 106 valence electrons. The van der Waals surface area contributed by atoms with Crippen molar-refractivity contribution in [3.63, 3.8) is 0 Å². The first-order valence-electron chi connectivity index (χ1n) is 6.93. The first-order chi connectivity index (χ1) is 9.20. The normalized spacial score (nSPS) is 19.1. The van der Waals surface area contributed by atoms with Gasteiger partial charge in [0.2, 0.25) is 0 Å². The number of ether oxygens (including phenoxy) is 1. The molecule has 0 bridgehead atoms. The monoisotopic (exact) mass is 282 g/mol. The summed E-state index contributed by atoms with van der Waals surface area (Å²) in [5.74, 6) is 0.770. The van der Waals surface area contributed by atoms with Crippen LogP contribution in [0.1, 0.15) is 18.9 Å². The van der Waals surface area contributed by atoms with Crippen LogP contribution >= 0.6 is 11.6 Å². The number of hydrogen-bond donors (Lipinski definition) is 1. The van der Waals surface area contributed by atoms with Gasteiger partial charge in [0.15, 0.2) is 0 Å². The molecule has 19 heavy (non-hydrogen) atoms. The average molecular weight is 283 g/mol. The maximum absolute atomic E-state index is 6.40. The van der Waals surface area contributed by atoms with Gasteiger partial charge in [-0.25, -0.2) is 0 Å². The van der Waals surface area contributed by atoms with E-state index in [-0.39, 0.29) is 0 Å². The van der Waals surface area contributed by atoms with Crippen LogP contribution in [-0.2, 0) is 11.3 Å². The van der Waals surface area contributed by atoms with E-state index in [1.807, 2.05) is 0 Å². The summed E-state index contributed by atoms with van der Waals surface area (Å²) in [7, 11) is 1.71. The Morgan fingerprint density at radius 1 is 1.47 bits per heavy atom. The van der Waals surface area contributed by atoms with E-state index in [2.05, 4.69) is 35.3 Å². The molecule has 3 nitrogen and oxygen atoms in total. The highest BCUT2D eigenvalue weighted by Gasteiger charge is 2.20. The molecule has 1 unspecified atom stereocenters. The molecule has 0 aromatic heterocycles. The van der Waals surface area contributed by atoms with E-state index in [4.69, 9.17) is 16.3 Å². The smallest absolute Gasteiger partial charge is 0.0642 e. The number of hydrogen-bond acceptors (Lipinski definition) is 3. The van der Waals surface area contributed by atoms with E-state index in [0.29, 0.717) is 0 Å². The van der Waals surface area contributed by atoms with Crippen molar-refractivity contribution in [2.24, 2.45) is 5.92 Å². The third-order valence-corrected chi connectivity index (χ3v) is 3.89. The lowest BCUT2D eigenvalue weighted by atomic mass is 10.1. The van der Waals surface area contributed by atoms with Crippen molar-refractivity contribution >= 4 is 17.3 Å². The Morgan fingerprint density at radius 3 is 2.95 bits per heavy atom. The Kier molecular flexibility index (Phi) is 5.49. The van der Waals surface area contributed by atoms with Crippen molar-refractivity contribution in [1.82, 2.24) is 5.32 Å². The third-order valence-electron chi connectivity index (χ3n) is 3.59. The molecule has 1 aromatic rings. The van der Waals surface area contributed by atoms with Crippen molar-refractivity contribution in [3.8, 4) is 0 Å². The van der Waals surface area contributed by atoms with E-state index in [1.165, 1.54) is 17.7 Å². The zero-order valence-corrected chi connectivity index (χ0v) is 12.5. The van der Waals surface area contributed by atoms with E-state index in [9.17, 15) is 0 Å². The Balaban J connectivity index is 1.93. The maximum atomic E-state index is 6.40. The second kappa shape index (κ2) is 7.13. The average Bonchev–Trinajstić information content (AvgIpc) is 2.81. The Labute approximate surface area is 120 Å². The molecule has 1 fully saturated rings. The van der Waals surface area contributed by atoms with Crippen LogP contribution in [0, 0.1) is 5.92 Å². The molecular weight excluding hydrogens is 260 g/mol. The van der Waals surface area contributed by atoms with Gasteiger partial charge in [0.25, 0.3) is 0 Å². The molecule has 1 heterocycles. The van der Waals surface area contributed by atoms with Crippen molar-refractivity contribution in [3.05, 3.63) is 28.8 Å². The number of benzene rings is 1. The first kappa shape index (κ1) is 14.6. The van der Waals surface area contributed by atoms with Gasteiger partial charge in [-0.1, -0.05) is 24.6 Å². The van der Waals surface area contributed by atoms with Crippen LogP contribution in [0.2, 0.25) is 5.02 Å². The van der Waals surface area contributed by atoms with Crippen molar-refractivity contribution in [2.75, 3.05) is 38.3 Å². The SMILES string of the molecule is COCCNCc1ccc(N2CCC(C)C2)c(Cl)c1. The number of rotatable bonds is 6. The fraction of sp³-hybridized carbons (Fsp3) is 0.600. The number of nitrogens with one attached hydrogen (secondary N) is 1. The standard InChI is InChI=1S/C15H23ClN2O/c1-12-5-7-18(11-12)15-4-3-13(9-14(15)16)10-17-6-8-19-2/h3-4,9,12,17H,5-8,10-11H2,1-2H3. The Morgan fingerprint density at radius 2 is 2.32 bits per heavy atom. The summed E-state index contributed by atoms with van der Waals surface area (Å²) < 4.78 is 5.00. The van der Waals surface area contributed by atoms with Gasteiger partial charge in [-0.15, -0.1) is 0 Å². The lowest BCUT2D eigenvalue weighted by Gasteiger charge is -2.20. The van der Waals surface area contributed by atoms with E-state index >= 15 is 0 Å². The number of nitrogens with zero attached hydrogens (tertiary/aromatic N) is 1. The highest BCUT2D eigenvalue weighted by molar-refractivity contribution is 6.33. The van der Waals surface area contributed by atoms with Crippen LogP contribution < -0.4 is 10.2 Å². The molecule has 1 aliphatic heterocycles. The molecule has 0 amide bonds. The van der Waals surface area contributed by atoms with Crippen LogP contribution in [0.25, 0.3) is 0 Å². The van der Waals surface area contributed by atoms with Gasteiger partial charge in [-0.3, -0.25) is 0 Å². The molecule has 1 N–H and O–H groups in total. The van der Waals surface area contributed by atoms with E-state index < -0.39 is 0 Å². The summed E-state index contributed by atoms with van der Waals surface area (Å²) in [4.78, 5) is 2.38. The molecule has 0 saturated carbocycles. The highest BCUT2D eigenvalue weighted by Crippen LogP contribution is 2.31. The predicted octanol–water partition coefficient (Wildman–Crippen LogP) is 2.92. The topological polar surface area (TPSA) is 24.5 Å². The van der Waals surface area contributed by atoms with Crippen LogP contribution in [0.3, 0.4) is 0 Å². The number of anilines is 1. The molecule has 1 saturated heterocycles. The summed E-state index contributed by atoms with van der Waals surface area (Å²) in [5, 5.41) is 4.19. The molecule has 0 spiro atoms. The third kappa shape index (κ3) is 4.10. The van der Waals surface area contributed by atoms with Crippen molar-refractivity contribution in [1.29, 1.82) is 0 Å². The minimum absolute atomic E-state index is 0.734. The molecule has 0 radical (unpaired) electrons. The van der Waals surface area contributed by atoms with Crippen LogP contribution in [0.5, 0.6) is 0 Å². The summed E-state index contributed by atoms with van der Waals surface area (Å²) in [5.41, 5.74) is 2.39. The predicted molar refractivity (Wildman–Crippen MR) is 81.0 cm³/mol. The van der Waals surface area contributed by atoms with Gasteiger partial charge in [-0.05, 0) is 30.0 Å². The van der Waals surface area contributed by atoms with Gasteiger partial charge in [-0.2, -0.15) is 0 Å². The van der Waals surface area contributed by atoms with Crippen LogP contribution in [0.15, 0.2) is 18.2 Å². The van der Waals surface area contributed by atoms with Crippen molar-refractivity contribution in [2.45, 2.75) is 19.9 Å². The highest BCUT2D eigenvalue weighted by atomic mass is 35.5. The molecule has 1 aliphatic rings. The molecule has 2 rings (SSSR count). The fourth-order valence-electron chi connectivity index (χ4n) is 2.48. The van der Waals surface area contributed by atoms with Crippen LogP contribution in [-0.4, -0.2) is 33.4 Å². The molecular formula is C15H23ClN2O. The zero-order chi connectivity index (χ0) is 13.7. The fourth-order valence-corrected chi connectivity index (χ4v) is 2.80. The maximum Gasteiger partial charge on any atom is 0.0642 e. The Hall–Kier alpha value is -0.770. The second-order valence-corrected chi connectivity index (χ2v) is 5.70. The van der Waals surface area contributed by atoms with Gasteiger partial charge in [0, 0.05) is 33.3 Å². The Bertz CT molecular complexity index is 411. The summed E-state index contributed by atoms with van der Waals surface area (Å²) in [6.45, 7) is 6.95. The lowest BCUT2D eigenvalue weighted by Crippen LogP contribution is -2.20. The van der Waals surface area contributed by atoms with Gasteiger partial charge >= 0.3 is 0 Å². The number of methoxy groups -OCH3 is 1.